The van der Waals surface area contributed by atoms with Crippen molar-refractivity contribution in [1.82, 2.24) is 5.32 Å². The van der Waals surface area contributed by atoms with E-state index in [9.17, 15) is 4.79 Å². The Labute approximate surface area is 109 Å². The van der Waals surface area contributed by atoms with E-state index >= 15 is 0 Å². The molecular formula is C14H23N3O. The number of hydrogen-bond donors (Lipinski definition) is 3. The third kappa shape index (κ3) is 5.10. The smallest absolute Gasteiger partial charge is 0.147 e. The summed E-state index contributed by atoms with van der Waals surface area (Å²) >= 11 is 0. The number of carbonyl (C=O) groups excluding carboxylic acids is 1. The van der Waals surface area contributed by atoms with Gasteiger partial charge in [-0.25, -0.2) is 0 Å². The Morgan fingerprint density at radius 1 is 1.33 bits per heavy atom. The molecule has 0 radical (unpaired) electrons. The van der Waals surface area contributed by atoms with Gasteiger partial charge in [-0.2, -0.15) is 0 Å². The molecule has 0 aliphatic rings. The fraction of sp³-hybridized carbons (Fsp3) is 0.429. The zero-order valence-corrected chi connectivity index (χ0v) is 10.3. The molecule has 0 bridgehead atoms. The lowest BCUT2D eigenvalue weighted by atomic mass is 10.0. The van der Waals surface area contributed by atoms with Crippen LogP contribution in [0.25, 0.3) is 0 Å². The molecule has 4 N–H and O–H groups in total. The van der Waals surface area contributed by atoms with E-state index in [1.807, 2.05) is 24.3 Å². The van der Waals surface area contributed by atoms with Gasteiger partial charge in [0.2, 0.25) is 0 Å². The van der Waals surface area contributed by atoms with Gasteiger partial charge in [0.1, 0.15) is 5.78 Å². The summed E-state index contributed by atoms with van der Waals surface area (Å²) in [5.74, 6) is 0.301. The molecule has 0 aliphatic carbocycles. The Balaban J connectivity index is 0.00000289. The van der Waals surface area contributed by atoms with Crippen LogP contribution in [-0.2, 0) is 17.6 Å². The summed E-state index contributed by atoms with van der Waals surface area (Å²) in [6.45, 7) is 1.59. The van der Waals surface area contributed by atoms with Gasteiger partial charge in [0.15, 0.2) is 0 Å². The van der Waals surface area contributed by atoms with Crippen LogP contribution >= 0.6 is 0 Å². The average Bonchev–Trinajstić information content (AvgIpc) is 2.26. The highest BCUT2D eigenvalue weighted by atomic mass is 16.1. The first kappa shape index (κ1) is 16.3. The van der Waals surface area contributed by atoms with Gasteiger partial charge < -0.3 is 11.1 Å². The topological polar surface area (TPSA) is 79.0 Å². The highest BCUT2D eigenvalue weighted by molar-refractivity contribution is 5.81. The minimum atomic E-state index is -0.131. The Bertz CT molecular complexity index is 398. The van der Waals surface area contributed by atoms with E-state index in [1.165, 1.54) is 0 Å². The summed E-state index contributed by atoms with van der Waals surface area (Å²) in [5.41, 5.74) is 7.46. The van der Waals surface area contributed by atoms with Gasteiger partial charge in [0, 0.05) is 6.42 Å². The fourth-order valence-corrected chi connectivity index (χ4v) is 1.70. The molecule has 4 nitrogen and oxygen atoms in total. The van der Waals surface area contributed by atoms with Gasteiger partial charge in [-0.3, -0.25) is 10.2 Å². The van der Waals surface area contributed by atoms with Gasteiger partial charge in [0.25, 0.3) is 0 Å². The van der Waals surface area contributed by atoms with Gasteiger partial charge in [-0.05, 0) is 31.5 Å². The van der Waals surface area contributed by atoms with Crippen LogP contribution in [0, 0.1) is 5.41 Å². The normalized spacial score (nSPS) is 11.4. The van der Waals surface area contributed by atoms with Crippen molar-refractivity contribution >= 4 is 11.6 Å². The van der Waals surface area contributed by atoms with Gasteiger partial charge >= 0.3 is 0 Å². The molecule has 0 saturated carbocycles. The van der Waals surface area contributed by atoms with Crippen molar-refractivity contribution in [2.75, 3.05) is 7.05 Å². The number of rotatable bonds is 6. The summed E-state index contributed by atoms with van der Waals surface area (Å²) in [4.78, 5) is 11.3. The van der Waals surface area contributed by atoms with Crippen molar-refractivity contribution in [3.05, 3.63) is 35.4 Å². The summed E-state index contributed by atoms with van der Waals surface area (Å²) in [6, 6.07) is 7.72. The molecule has 100 valence electrons. The molecule has 18 heavy (non-hydrogen) atoms. The van der Waals surface area contributed by atoms with Crippen molar-refractivity contribution in [3.8, 4) is 0 Å². The van der Waals surface area contributed by atoms with Crippen LogP contribution < -0.4 is 11.1 Å². The highest BCUT2D eigenvalue weighted by Crippen LogP contribution is 2.08. The lowest BCUT2D eigenvalue weighted by molar-refractivity contribution is -0.118. The Kier molecular flexibility index (Phi) is 6.90. The van der Waals surface area contributed by atoms with Crippen LogP contribution in [0.2, 0.25) is 0 Å². The Morgan fingerprint density at radius 2 is 1.83 bits per heavy atom. The number of benzene rings is 1. The van der Waals surface area contributed by atoms with Crippen molar-refractivity contribution in [2.45, 2.75) is 33.2 Å². The fourth-order valence-electron chi connectivity index (χ4n) is 1.70. The summed E-state index contributed by atoms with van der Waals surface area (Å²) in [5, 5.41) is 10.2. The Morgan fingerprint density at radius 3 is 2.22 bits per heavy atom. The molecule has 0 aliphatic heterocycles. The number of Topliss-reactive ketones (excluding diaryl/α,β-unsaturated/α-hetero) is 1. The zero-order chi connectivity index (χ0) is 12.8. The predicted octanol–water partition coefficient (Wildman–Crippen LogP) is 1.52. The number of carbonyl (C=O) groups is 1. The lowest BCUT2D eigenvalue weighted by Gasteiger charge is -2.12. The quantitative estimate of drug-likeness (QED) is 0.528. The minimum absolute atomic E-state index is 0. The van der Waals surface area contributed by atoms with Crippen molar-refractivity contribution in [3.63, 3.8) is 0 Å². The van der Waals surface area contributed by atoms with E-state index in [2.05, 4.69) is 5.32 Å². The first-order chi connectivity index (χ1) is 8.02. The molecule has 0 unspecified atom stereocenters. The maximum Gasteiger partial charge on any atom is 0.147 e. The molecule has 1 rings (SSSR count). The first-order valence-electron chi connectivity index (χ1n) is 5.61. The Hall–Kier alpha value is -1.68. The molecule has 0 heterocycles. The maximum absolute atomic E-state index is 11.3. The van der Waals surface area contributed by atoms with E-state index in [0.29, 0.717) is 12.8 Å². The minimum Gasteiger partial charge on any atom is -0.387 e. The summed E-state index contributed by atoms with van der Waals surface area (Å²) < 4.78 is 0. The van der Waals surface area contributed by atoms with Gasteiger partial charge in [-0.1, -0.05) is 31.7 Å². The molecule has 1 aromatic carbocycles. The molecule has 0 fully saturated rings. The molecule has 1 aromatic rings. The van der Waals surface area contributed by atoms with E-state index in [-0.39, 0.29) is 25.1 Å². The highest BCUT2D eigenvalue weighted by Gasteiger charge is 2.11. The summed E-state index contributed by atoms with van der Waals surface area (Å²) in [6.07, 6.45) is 1.16. The van der Waals surface area contributed by atoms with E-state index in [4.69, 9.17) is 11.1 Å². The van der Waals surface area contributed by atoms with Crippen LogP contribution in [0.5, 0.6) is 0 Å². The van der Waals surface area contributed by atoms with Gasteiger partial charge in [0.05, 0.1) is 11.9 Å². The molecule has 1 atom stereocenters. The van der Waals surface area contributed by atoms with Crippen LogP contribution in [0.15, 0.2) is 24.3 Å². The van der Waals surface area contributed by atoms with Crippen LogP contribution in [0.4, 0.5) is 0 Å². The number of nitrogens with two attached hydrogens (primary N) is 1. The molecule has 0 aromatic heterocycles. The number of hydrogen-bond acceptors (Lipinski definition) is 3. The number of ketones is 1. The molecular weight excluding hydrogens is 226 g/mol. The number of amidine groups is 1. The zero-order valence-electron chi connectivity index (χ0n) is 10.3. The van der Waals surface area contributed by atoms with E-state index < -0.39 is 0 Å². The first-order valence-corrected chi connectivity index (χ1v) is 5.61. The standard InChI is InChI=1S/C13H19N3O.CH4/c1-9(17)12(16-2)7-10-3-5-11(6-4-10)8-13(14)15;/h3-6,12,16H,7-8H2,1-2H3,(H3,14,15);1H4/t12-;/m0./s1. The lowest BCUT2D eigenvalue weighted by Crippen LogP contribution is -2.34. The SMILES string of the molecule is C.CN[C@@H](Cc1ccc(CC(=N)N)cc1)C(C)=O. The molecule has 0 saturated heterocycles. The number of likely N-dealkylation sites (N-methyl/N-ethyl adjacent to an activating group) is 1. The second kappa shape index (κ2) is 7.61. The maximum atomic E-state index is 11.3. The van der Waals surface area contributed by atoms with Crippen LogP contribution in [0.3, 0.4) is 0 Å². The molecule has 4 heteroatoms. The largest absolute Gasteiger partial charge is 0.387 e. The molecule has 0 spiro atoms. The number of nitrogens with one attached hydrogen (secondary N) is 2. The van der Waals surface area contributed by atoms with Gasteiger partial charge in [-0.15, -0.1) is 0 Å². The van der Waals surface area contributed by atoms with Crippen LogP contribution in [-0.4, -0.2) is 24.7 Å². The van der Waals surface area contributed by atoms with Crippen LogP contribution in [0.1, 0.15) is 25.5 Å². The molecule has 0 amide bonds. The van der Waals surface area contributed by atoms with Crippen molar-refractivity contribution in [2.24, 2.45) is 5.73 Å². The second-order valence-corrected chi connectivity index (χ2v) is 4.17. The van der Waals surface area contributed by atoms with Crippen molar-refractivity contribution in [1.29, 1.82) is 5.41 Å². The average molecular weight is 249 g/mol. The van der Waals surface area contributed by atoms with E-state index in [0.717, 1.165) is 11.1 Å². The third-order valence-corrected chi connectivity index (χ3v) is 2.70. The third-order valence-electron chi connectivity index (χ3n) is 2.70. The predicted molar refractivity (Wildman–Crippen MR) is 76.0 cm³/mol. The van der Waals surface area contributed by atoms with Crippen molar-refractivity contribution < 1.29 is 4.79 Å². The second-order valence-electron chi connectivity index (χ2n) is 4.17. The van der Waals surface area contributed by atoms with E-state index in [1.54, 1.807) is 14.0 Å². The monoisotopic (exact) mass is 249 g/mol. The summed E-state index contributed by atoms with van der Waals surface area (Å²) in [7, 11) is 1.79.